The Hall–Kier alpha value is -1.78. The van der Waals surface area contributed by atoms with E-state index in [1.165, 1.54) is 7.11 Å². The fourth-order valence-electron chi connectivity index (χ4n) is 1.32. The SMILES string of the molecule is COCCNC(=O)COc1c(F)cc(S(N)(=O)=O)cc1F. The molecule has 0 heterocycles. The highest BCUT2D eigenvalue weighted by Crippen LogP contribution is 2.24. The van der Waals surface area contributed by atoms with Crippen LogP contribution in [-0.4, -0.2) is 41.2 Å². The molecule has 0 saturated heterocycles. The zero-order chi connectivity index (χ0) is 16.0. The Morgan fingerprint density at radius 2 is 1.90 bits per heavy atom. The number of nitrogens with one attached hydrogen (secondary N) is 1. The summed E-state index contributed by atoms with van der Waals surface area (Å²) in [5.74, 6) is -4.02. The number of benzene rings is 1. The molecule has 118 valence electrons. The highest BCUT2D eigenvalue weighted by Gasteiger charge is 2.18. The van der Waals surface area contributed by atoms with Crippen LogP contribution in [0, 0.1) is 11.6 Å². The van der Waals surface area contributed by atoms with Crippen molar-refractivity contribution in [2.45, 2.75) is 4.90 Å². The normalized spacial score (nSPS) is 11.2. The van der Waals surface area contributed by atoms with Gasteiger partial charge < -0.3 is 14.8 Å². The lowest BCUT2D eigenvalue weighted by Crippen LogP contribution is -2.31. The van der Waals surface area contributed by atoms with E-state index in [1.54, 1.807) is 0 Å². The maximum Gasteiger partial charge on any atom is 0.258 e. The number of nitrogens with two attached hydrogens (primary N) is 1. The molecule has 0 radical (unpaired) electrons. The van der Waals surface area contributed by atoms with Crippen LogP contribution >= 0.6 is 0 Å². The molecule has 0 aliphatic rings. The van der Waals surface area contributed by atoms with E-state index < -0.39 is 44.8 Å². The Kier molecular flexibility index (Phi) is 6.00. The van der Waals surface area contributed by atoms with E-state index in [2.05, 4.69) is 10.1 Å². The minimum atomic E-state index is -4.24. The van der Waals surface area contributed by atoms with Crippen LogP contribution in [0.15, 0.2) is 17.0 Å². The van der Waals surface area contributed by atoms with E-state index in [0.717, 1.165) is 0 Å². The lowest BCUT2D eigenvalue weighted by Gasteiger charge is -2.10. The summed E-state index contributed by atoms with van der Waals surface area (Å²) in [5, 5.41) is 7.14. The summed E-state index contributed by atoms with van der Waals surface area (Å²) in [5.41, 5.74) is 0. The number of ether oxygens (including phenoxy) is 2. The van der Waals surface area contributed by atoms with Crippen molar-refractivity contribution < 1.29 is 31.5 Å². The third kappa shape index (κ3) is 5.25. The molecule has 10 heteroatoms. The molecule has 1 aromatic rings. The first-order valence-corrected chi connectivity index (χ1v) is 7.20. The zero-order valence-electron chi connectivity index (χ0n) is 11.1. The number of carbonyl (C=O) groups excluding carboxylic acids is 1. The first kappa shape index (κ1) is 17.3. The topological polar surface area (TPSA) is 108 Å². The molecule has 0 unspecified atom stereocenters. The molecule has 0 fully saturated rings. The van der Waals surface area contributed by atoms with E-state index in [4.69, 9.17) is 9.88 Å². The number of carbonyl (C=O) groups is 1. The van der Waals surface area contributed by atoms with Gasteiger partial charge in [0.15, 0.2) is 24.0 Å². The number of halogens is 2. The average Bonchev–Trinajstić information content (AvgIpc) is 2.36. The highest BCUT2D eigenvalue weighted by molar-refractivity contribution is 7.89. The molecule has 0 aliphatic heterocycles. The van der Waals surface area contributed by atoms with Gasteiger partial charge in [-0.25, -0.2) is 22.3 Å². The van der Waals surface area contributed by atoms with Crippen LogP contribution in [0.1, 0.15) is 0 Å². The molecule has 0 atom stereocenters. The Labute approximate surface area is 120 Å². The molecule has 1 aromatic carbocycles. The summed E-state index contributed by atoms with van der Waals surface area (Å²) in [6.07, 6.45) is 0. The molecule has 0 saturated carbocycles. The molecule has 1 amide bonds. The van der Waals surface area contributed by atoms with Crippen molar-refractivity contribution in [2.75, 3.05) is 26.9 Å². The van der Waals surface area contributed by atoms with E-state index in [9.17, 15) is 22.0 Å². The predicted octanol–water partition coefficient (Wildman–Crippen LogP) is -0.246. The Balaban J connectivity index is 2.75. The molecule has 1 rings (SSSR count). The van der Waals surface area contributed by atoms with Crippen LogP contribution in [0.5, 0.6) is 5.75 Å². The van der Waals surface area contributed by atoms with Crippen LogP contribution in [0.2, 0.25) is 0 Å². The Morgan fingerprint density at radius 3 is 2.38 bits per heavy atom. The summed E-state index contributed by atoms with van der Waals surface area (Å²) in [6, 6.07) is 1.02. The van der Waals surface area contributed by atoms with E-state index in [-0.39, 0.29) is 13.2 Å². The molecule has 0 aliphatic carbocycles. The van der Waals surface area contributed by atoms with Crippen molar-refractivity contribution in [1.82, 2.24) is 5.32 Å². The fraction of sp³-hybridized carbons (Fsp3) is 0.364. The second-order valence-corrected chi connectivity index (χ2v) is 5.45. The van der Waals surface area contributed by atoms with Gasteiger partial charge >= 0.3 is 0 Å². The maximum absolute atomic E-state index is 13.6. The van der Waals surface area contributed by atoms with Gasteiger partial charge in [0, 0.05) is 13.7 Å². The summed E-state index contributed by atoms with van der Waals surface area (Å²) in [7, 11) is -2.79. The zero-order valence-corrected chi connectivity index (χ0v) is 11.9. The number of hydrogen-bond acceptors (Lipinski definition) is 5. The van der Waals surface area contributed by atoms with Gasteiger partial charge in [0.1, 0.15) is 0 Å². The van der Waals surface area contributed by atoms with Crippen molar-refractivity contribution >= 4 is 15.9 Å². The van der Waals surface area contributed by atoms with Gasteiger partial charge in [0.05, 0.1) is 11.5 Å². The number of hydrogen-bond donors (Lipinski definition) is 2. The van der Waals surface area contributed by atoms with Gasteiger partial charge in [0.2, 0.25) is 10.0 Å². The Morgan fingerprint density at radius 1 is 1.33 bits per heavy atom. The third-order valence-electron chi connectivity index (χ3n) is 2.28. The van der Waals surface area contributed by atoms with Crippen molar-refractivity contribution in [2.24, 2.45) is 5.14 Å². The van der Waals surface area contributed by atoms with Crippen molar-refractivity contribution in [3.05, 3.63) is 23.8 Å². The number of amides is 1. The van der Waals surface area contributed by atoms with Crippen LogP contribution in [0.4, 0.5) is 8.78 Å². The third-order valence-corrected chi connectivity index (χ3v) is 3.17. The van der Waals surface area contributed by atoms with Gasteiger partial charge in [0.25, 0.3) is 5.91 Å². The minimum Gasteiger partial charge on any atom is -0.478 e. The van der Waals surface area contributed by atoms with Crippen molar-refractivity contribution in [3.63, 3.8) is 0 Å². The lowest BCUT2D eigenvalue weighted by atomic mass is 10.3. The monoisotopic (exact) mass is 324 g/mol. The van der Waals surface area contributed by atoms with E-state index >= 15 is 0 Å². The summed E-state index contributed by atoms with van der Waals surface area (Å²) < 4.78 is 58.5. The van der Waals surface area contributed by atoms with Crippen LogP contribution < -0.4 is 15.2 Å². The summed E-state index contributed by atoms with van der Waals surface area (Å²) >= 11 is 0. The molecule has 0 aromatic heterocycles. The van der Waals surface area contributed by atoms with Gasteiger partial charge in [-0.15, -0.1) is 0 Å². The van der Waals surface area contributed by atoms with Gasteiger partial charge in [-0.05, 0) is 12.1 Å². The van der Waals surface area contributed by atoms with Crippen LogP contribution in [-0.2, 0) is 19.6 Å². The second kappa shape index (κ2) is 7.29. The van der Waals surface area contributed by atoms with Crippen molar-refractivity contribution in [3.8, 4) is 5.75 Å². The molecule has 0 spiro atoms. The van der Waals surface area contributed by atoms with Crippen molar-refractivity contribution in [1.29, 1.82) is 0 Å². The number of methoxy groups -OCH3 is 1. The van der Waals surface area contributed by atoms with E-state index in [1.807, 2.05) is 0 Å². The fourth-order valence-corrected chi connectivity index (χ4v) is 1.86. The van der Waals surface area contributed by atoms with Crippen LogP contribution in [0.25, 0.3) is 0 Å². The van der Waals surface area contributed by atoms with Gasteiger partial charge in [-0.3, -0.25) is 4.79 Å². The number of rotatable bonds is 7. The first-order valence-electron chi connectivity index (χ1n) is 5.66. The average molecular weight is 324 g/mol. The van der Waals surface area contributed by atoms with Crippen LogP contribution in [0.3, 0.4) is 0 Å². The Bertz CT molecular complexity index is 598. The standard InChI is InChI=1S/C11H14F2N2O5S/c1-19-3-2-15-10(16)6-20-11-8(12)4-7(5-9(11)13)21(14,17)18/h4-5H,2-3,6H2,1H3,(H,15,16)(H2,14,17,18). The first-order chi connectivity index (χ1) is 9.75. The molecule has 21 heavy (non-hydrogen) atoms. The summed E-state index contributed by atoms with van der Waals surface area (Å²) in [6.45, 7) is -0.141. The number of primary sulfonamides is 1. The maximum atomic E-state index is 13.6. The highest BCUT2D eigenvalue weighted by atomic mass is 32.2. The largest absolute Gasteiger partial charge is 0.478 e. The minimum absolute atomic E-state index is 0.216. The molecule has 3 N–H and O–H groups in total. The smallest absolute Gasteiger partial charge is 0.258 e. The van der Waals surface area contributed by atoms with Gasteiger partial charge in [-0.1, -0.05) is 0 Å². The predicted molar refractivity (Wildman–Crippen MR) is 68.1 cm³/mol. The summed E-state index contributed by atoms with van der Waals surface area (Å²) in [4.78, 5) is 10.6. The van der Waals surface area contributed by atoms with E-state index in [0.29, 0.717) is 12.1 Å². The molecular formula is C11H14F2N2O5S. The molecule has 0 bridgehead atoms. The second-order valence-electron chi connectivity index (χ2n) is 3.89. The molecular weight excluding hydrogens is 310 g/mol. The quantitative estimate of drug-likeness (QED) is 0.673. The van der Waals surface area contributed by atoms with Gasteiger partial charge in [-0.2, -0.15) is 0 Å². The number of sulfonamides is 1. The lowest BCUT2D eigenvalue weighted by molar-refractivity contribution is -0.123. The molecule has 7 nitrogen and oxygen atoms in total.